The number of amides is 2. The Labute approximate surface area is 316 Å². The number of thiol groups is 1. The number of hydrogen-bond donors (Lipinski definition) is 11. The predicted octanol–water partition coefficient (Wildman–Crippen LogP) is -2.08. The first-order chi connectivity index (χ1) is 25.0. The number of hydrogen-bond acceptors (Lipinski definition) is 20. The minimum Gasteiger partial charge on any atom is -0.386 e. The molecule has 2 aromatic rings. The van der Waals surface area contributed by atoms with Gasteiger partial charge in [-0.05, 0) is 0 Å². The molecule has 306 valence electrons. The van der Waals surface area contributed by atoms with Crippen LogP contribution in [-0.2, 0) is 50.7 Å². The highest BCUT2D eigenvalue weighted by Crippen LogP contribution is 2.61. The summed E-state index contributed by atoms with van der Waals surface area (Å²) in [4.78, 5) is 87.0. The van der Waals surface area contributed by atoms with Gasteiger partial charge in [0, 0.05) is 36.4 Å². The number of aliphatic hydroxyl groups is 2. The van der Waals surface area contributed by atoms with Crippen LogP contribution in [0.5, 0.6) is 0 Å². The van der Waals surface area contributed by atoms with E-state index in [0.717, 1.165) is 29.0 Å². The van der Waals surface area contributed by atoms with Crippen LogP contribution in [0.25, 0.3) is 11.2 Å². The number of carbonyl (C=O) groups excluding carboxylic acids is 3. The van der Waals surface area contributed by atoms with Gasteiger partial charge in [0.05, 0.1) is 25.6 Å². The third kappa shape index (κ3) is 13.5. The quantitative estimate of drug-likeness (QED) is 0.0364. The van der Waals surface area contributed by atoms with Crippen LogP contribution < -0.4 is 22.1 Å². The molecule has 0 spiro atoms. The topological polar surface area (TPSA) is 390 Å². The number of anilines is 1. The maximum Gasteiger partial charge on any atom is 0.481 e. The summed E-state index contributed by atoms with van der Waals surface area (Å²) in [5.74, 6) is -1.08. The Bertz CT molecular complexity index is 1790. The zero-order valence-electron chi connectivity index (χ0n) is 28.4. The van der Waals surface area contributed by atoms with Crippen molar-refractivity contribution in [2.75, 3.05) is 43.5 Å². The largest absolute Gasteiger partial charge is 0.481 e. The normalized spacial score (nSPS) is 22.6. The highest BCUT2D eigenvalue weighted by molar-refractivity contribution is 8.13. The molecule has 0 radical (unpaired) electrons. The number of aromatic nitrogens is 4. The van der Waals surface area contributed by atoms with Gasteiger partial charge in [0.15, 0.2) is 17.7 Å². The maximum atomic E-state index is 12.6. The molecule has 3 rings (SSSR count). The van der Waals surface area contributed by atoms with Gasteiger partial charge in [-0.15, -0.1) is 0 Å². The summed E-state index contributed by atoms with van der Waals surface area (Å²) in [7, 11) is -16.4. The van der Waals surface area contributed by atoms with Crippen molar-refractivity contribution in [3.05, 3.63) is 12.7 Å². The molecule has 8 atom stereocenters. The lowest BCUT2D eigenvalue weighted by atomic mass is 9.87. The van der Waals surface area contributed by atoms with E-state index >= 15 is 0 Å². The van der Waals surface area contributed by atoms with E-state index in [1.54, 1.807) is 0 Å². The van der Waals surface area contributed by atoms with Crippen molar-refractivity contribution < 1.29 is 80.5 Å². The van der Waals surface area contributed by atoms with E-state index in [4.69, 9.17) is 25.3 Å². The van der Waals surface area contributed by atoms with Crippen molar-refractivity contribution in [1.29, 1.82) is 0 Å². The fraction of sp³-hybridized carbons (Fsp3) is 0.667. The zero-order valence-corrected chi connectivity index (χ0v) is 32.8. The third-order valence-electron chi connectivity index (χ3n) is 7.25. The lowest BCUT2D eigenvalue weighted by Gasteiger charge is -2.30. The van der Waals surface area contributed by atoms with Gasteiger partial charge in [0.25, 0.3) is 0 Å². The van der Waals surface area contributed by atoms with E-state index in [0.29, 0.717) is 0 Å². The first-order valence-electron chi connectivity index (χ1n) is 15.4. The lowest BCUT2D eigenvalue weighted by molar-refractivity contribution is -0.137. The number of phosphoric ester groups is 3. The lowest BCUT2D eigenvalue weighted by Crippen LogP contribution is -2.46. The van der Waals surface area contributed by atoms with Crippen LogP contribution in [0.15, 0.2) is 12.7 Å². The van der Waals surface area contributed by atoms with Crippen LogP contribution >= 0.6 is 47.9 Å². The van der Waals surface area contributed by atoms with Crippen LogP contribution in [-0.4, -0.2) is 135 Å². The smallest absolute Gasteiger partial charge is 0.386 e. The second kappa shape index (κ2) is 19.3. The number of carbonyl (C=O) groups is 3. The molecule has 0 saturated carbocycles. The van der Waals surface area contributed by atoms with E-state index in [9.17, 15) is 57.9 Å². The summed E-state index contributed by atoms with van der Waals surface area (Å²) in [5, 5.41) is 25.9. The van der Waals surface area contributed by atoms with Gasteiger partial charge >= 0.3 is 23.5 Å². The summed E-state index contributed by atoms with van der Waals surface area (Å²) >= 11 is 4.86. The Morgan fingerprint density at radius 3 is 2.41 bits per heavy atom. The number of thioether (sulfide) groups is 1. The van der Waals surface area contributed by atoms with Gasteiger partial charge in [-0.25, -0.2) is 28.6 Å². The Balaban J connectivity index is 1.51. The van der Waals surface area contributed by atoms with Crippen molar-refractivity contribution in [1.82, 2.24) is 30.2 Å². The molecule has 30 heteroatoms. The number of rotatable bonds is 21. The molecule has 1 fully saturated rings. The van der Waals surface area contributed by atoms with Crippen molar-refractivity contribution in [3.8, 4) is 0 Å². The van der Waals surface area contributed by atoms with Gasteiger partial charge in [-0.1, -0.05) is 25.6 Å². The molecule has 2 amide bonds. The highest BCUT2D eigenvalue weighted by Gasteiger charge is 2.50. The SMILES string of the molecule is CC(C)(COP(=O)(O)OP(=O)(O)OC[C@H]1O[C@@H](n2cnc3c(N)ncnc32)[C@H](O)[C@@H]1OP(=O)(O)O)[C@@H](O)C(=O)NCCC(=O)NCCSC(=O)[C@@H](N)CS. The minimum absolute atomic E-state index is 0.0267. The van der Waals surface area contributed by atoms with E-state index in [1.807, 2.05) is 0 Å². The van der Waals surface area contributed by atoms with Crippen LogP contribution in [0.1, 0.15) is 26.5 Å². The maximum absolute atomic E-state index is 12.6. The number of fused-ring (bicyclic) bond motifs is 1. The van der Waals surface area contributed by atoms with E-state index < -0.39 is 90.6 Å². The number of nitrogens with zero attached hydrogens (tertiary/aromatic N) is 4. The molecule has 0 aliphatic carbocycles. The standard InChI is InChI=1S/C24H41N8O17P3S2/c1-24(2,18(35)21(36)28-4-3-14(33)27-5-6-54-23(37)12(25)8-53)9-46-52(43,44)49-51(41,42)45-7-13-17(48-50(38,39)40)16(34)22(47-13)32-11-31-15-19(26)29-10-30-20(15)32/h10-13,16-18,22,34-35,53H,3-9,25H2,1-2H3,(H,27,33)(H,28,36)(H,41,42)(H,43,44)(H2,26,29,30)(H2,38,39,40)/t12-,13+,16+,17+,18-,22+/m0/s1. The molecular weight excluding hydrogens is 829 g/mol. The molecule has 1 saturated heterocycles. The number of phosphoric acid groups is 3. The summed E-state index contributed by atoms with van der Waals surface area (Å²) < 4.78 is 61.9. The molecule has 25 nitrogen and oxygen atoms in total. The van der Waals surface area contributed by atoms with Crippen molar-refractivity contribution in [3.63, 3.8) is 0 Å². The van der Waals surface area contributed by atoms with E-state index in [2.05, 4.69) is 47.0 Å². The predicted molar refractivity (Wildman–Crippen MR) is 189 cm³/mol. The van der Waals surface area contributed by atoms with E-state index in [1.165, 1.54) is 13.8 Å². The molecule has 1 aliphatic rings. The summed E-state index contributed by atoms with van der Waals surface area (Å²) in [6.45, 7) is 0.371. The molecule has 54 heavy (non-hydrogen) atoms. The second-order valence-corrected chi connectivity index (χ2v) is 17.7. The number of imidazole rings is 1. The van der Waals surface area contributed by atoms with E-state index in [-0.39, 0.29) is 53.1 Å². The van der Waals surface area contributed by atoms with Crippen molar-refractivity contribution in [2.24, 2.45) is 11.1 Å². The summed E-state index contributed by atoms with van der Waals surface area (Å²) in [5.41, 5.74) is 9.79. The third-order valence-corrected chi connectivity index (χ3v) is 11.7. The monoisotopic (exact) mass is 870 g/mol. The Morgan fingerprint density at radius 1 is 1.09 bits per heavy atom. The summed E-state index contributed by atoms with van der Waals surface area (Å²) in [6, 6.07) is -0.731. The van der Waals surface area contributed by atoms with Gasteiger partial charge in [0.2, 0.25) is 16.9 Å². The Hall–Kier alpha value is -2.13. The van der Waals surface area contributed by atoms with Crippen LogP contribution in [0.2, 0.25) is 0 Å². The fourth-order valence-electron chi connectivity index (χ4n) is 4.46. The molecule has 3 heterocycles. The minimum atomic E-state index is -5.57. The van der Waals surface area contributed by atoms with Crippen molar-refractivity contribution >= 4 is 81.8 Å². The number of nitrogens with two attached hydrogens (primary N) is 2. The van der Waals surface area contributed by atoms with Gasteiger partial charge in [-0.2, -0.15) is 16.9 Å². The number of nitrogens with one attached hydrogen (secondary N) is 2. The molecule has 12 N–H and O–H groups in total. The molecule has 0 aromatic carbocycles. The van der Waals surface area contributed by atoms with Gasteiger partial charge in [-0.3, -0.25) is 32.5 Å². The molecule has 2 unspecified atom stereocenters. The van der Waals surface area contributed by atoms with Crippen LogP contribution in [0.4, 0.5) is 5.82 Å². The van der Waals surface area contributed by atoms with Crippen LogP contribution in [0, 0.1) is 5.41 Å². The average molecular weight is 871 g/mol. The Morgan fingerprint density at radius 2 is 1.76 bits per heavy atom. The van der Waals surface area contributed by atoms with Gasteiger partial charge < -0.3 is 56.6 Å². The fourth-order valence-corrected chi connectivity index (χ4v) is 8.28. The average Bonchev–Trinajstić information content (AvgIpc) is 3.64. The van der Waals surface area contributed by atoms with Gasteiger partial charge in [0.1, 0.15) is 36.3 Å². The summed E-state index contributed by atoms with van der Waals surface area (Å²) in [6.07, 6.45) is -6.97. The number of aliphatic hydroxyl groups excluding tert-OH is 2. The van der Waals surface area contributed by atoms with Crippen LogP contribution in [0.3, 0.4) is 0 Å². The molecule has 2 aromatic heterocycles. The second-order valence-electron chi connectivity index (χ2n) is 12.0. The highest BCUT2D eigenvalue weighted by atomic mass is 32.2. The van der Waals surface area contributed by atoms with Crippen molar-refractivity contribution in [2.45, 2.75) is 57.0 Å². The molecular formula is C24H41N8O17P3S2. The first-order valence-corrected chi connectivity index (χ1v) is 21.5. The number of ether oxygens (including phenoxy) is 1. The zero-order chi connectivity index (χ0) is 40.6. The number of nitrogen functional groups attached to an aromatic ring is 1. The molecule has 1 aliphatic heterocycles. The molecule has 0 bridgehead atoms. The Kier molecular flexibility index (Phi) is 16.6. The first kappa shape index (κ1) is 46.3.